The molecule has 212 valence electrons. The van der Waals surface area contributed by atoms with Crippen molar-refractivity contribution < 1.29 is 24.1 Å². The Hall–Kier alpha value is -3.06. The smallest absolute Gasteiger partial charge is 0.161 e. The summed E-state index contributed by atoms with van der Waals surface area (Å²) in [6.45, 7) is 2.58. The summed E-state index contributed by atoms with van der Waals surface area (Å²) in [6.07, 6.45) is 4.73. The Morgan fingerprint density at radius 2 is 1.68 bits per heavy atom. The summed E-state index contributed by atoms with van der Waals surface area (Å²) in [5, 5.41) is 10.2. The highest BCUT2D eigenvalue weighted by molar-refractivity contribution is 5.58. The molecular weight excluding hydrogens is 502 g/mol. The van der Waals surface area contributed by atoms with E-state index in [1.54, 1.807) is 21.3 Å². The second kappa shape index (κ2) is 11.4. The van der Waals surface area contributed by atoms with Crippen LogP contribution in [0.15, 0.2) is 66.7 Å². The van der Waals surface area contributed by atoms with E-state index in [-0.39, 0.29) is 23.7 Å². The number of piperidine rings is 1. The van der Waals surface area contributed by atoms with Crippen LogP contribution in [0.25, 0.3) is 0 Å². The van der Waals surface area contributed by atoms with Crippen molar-refractivity contribution >= 4 is 5.69 Å². The van der Waals surface area contributed by atoms with Crippen molar-refractivity contribution in [2.75, 3.05) is 45.9 Å². The number of phenolic OH excluding ortho intramolecular Hbond substituents is 1. The topological polar surface area (TPSA) is 60.4 Å². The lowest BCUT2D eigenvalue weighted by atomic mass is 9.69. The monoisotopic (exact) mass is 543 g/mol. The molecule has 1 spiro atoms. The van der Waals surface area contributed by atoms with Gasteiger partial charge in [0.15, 0.2) is 6.29 Å². The third-order valence-corrected chi connectivity index (χ3v) is 9.50. The molecule has 0 bridgehead atoms. The van der Waals surface area contributed by atoms with Crippen molar-refractivity contribution in [2.24, 2.45) is 5.92 Å². The Bertz CT molecular complexity index is 1300. The molecule has 3 atom stereocenters. The highest BCUT2D eigenvalue weighted by Crippen LogP contribution is 2.50. The molecule has 3 aliphatic rings. The maximum Gasteiger partial charge on any atom is 0.161 e. The van der Waals surface area contributed by atoms with E-state index in [0.717, 1.165) is 50.9 Å². The molecule has 3 aromatic carbocycles. The van der Waals surface area contributed by atoms with Crippen LogP contribution >= 0.6 is 0 Å². The maximum atomic E-state index is 10.2. The van der Waals surface area contributed by atoms with Crippen molar-refractivity contribution in [1.29, 1.82) is 0 Å². The number of ether oxygens (including phenoxy) is 4. The van der Waals surface area contributed by atoms with E-state index >= 15 is 0 Å². The molecule has 2 aliphatic heterocycles. The fraction of sp³-hybridized carbons (Fsp3) is 0.471. The molecule has 6 heteroatoms. The second-order valence-corrected chi connectivity index (χ2v) is 11.6. The first-order valence-corrected chi connectivity index (χ1v) is 14.5. The van der Waals surface area contributed by atoms with Gasteiger partial charge in [0.1, 0.15) is 11.5 Å². The number of anilines is 1. The zero-order valence-electron chi connectivity index (χ0n) is 23.8. The zero-order chi connectivity index (χ0) is 27.7. The summed E-state index contributed by atoms with van der Waals surface area (Å²) in [5.74, 6) is 2.02. The lowest BCUT2D eigenvalue weighted by Gasteiger charge is -2.40. The van der Waals surface area contributed by atoms with Crippen LogP contribution in [0.5, 0.6) is 11.5 Å². The second-order valence-electron chi connectivity index (χ2n) is 11.6. The number of phenols is 1. The quantitative estimate of drug-likeness (QED) is 0.355. The van der Waals surface area contributed by atoms with Crippen LogP contribution in [0.2, 0.25) is 0 Å². The van der Waals surface area contributed by atoms with Gasteiger partial charge in [-0.25, -0.2) is 0 Å². The van der Waals surface area contributed by atoms with Crippen LogP contribution < -0.4 is 9.64 Å². The van der Waals surface area contributed by atoms with Crippen molar-refractivity contribution in [3.63, 3.8) is 0 Å². The molecule has 0 radical (unpaired) electrons. The number of rotatable bonds is 7. The Labute approximate surface area is 237 Å². The summed E-state index contributed by atoms with van der Waals surface area (Å²) in [5.41, 5.74) is 6.16. The molecule has 0 unspecified atom stereocenters. The molecular formula is C34H41NO5. The van der Waals surface area contributed by atoms with E-state index in [1.165, 1.54) is 27.9 Å². The molecule has 0 saturated carbocycles. The van der Waals surface area contributed by atoms with Crippen molar-refractivity contribution in [1.82, 2.24) is 0 Å². The standard InChI is InChI=1S/C34H41NO5/c1-37-31-20-26(35-17-15-34(16-18-35)21-25(22-40-34)33(38-2)39-3)10-13-30(31)32-28(23-7-5-4-6-8-23)12-9-24-19-27(36)11-14-29(24)32/h4-8,10-11,13-14,19-20,25,28,32-33,36H,9,12,15-18,21-22H2,1-3H3/t25-,28+,32-/m0/s1. The maximum absolute atomic E-state index is 10.2. The predicted molar refractivity (Wildman–Crippen MR) is 156 cm³/mol. The minimum Gasteiger partial charge on any atom is -0.508 e. The van der Waals surface area contributed by atoms with Crippen LogP contribution in [-0.4, -0.2) is 58.0 Å². The van der Waals surface area contributed by atoms with E-state index in [2.05, 4.69) is 59.5 Å². The summed E-state index contributed by atoms with van der Waals surface area (Å²) in [7, 11) is 5.19. The number of nitrogens with zero attached hydrogens (tertiary/aromatic N) is 1. The number of methoxy groups -OCH3 is 3. The first-order chi connectivity index (χ1) is 19.5. The number of fused-ring (bicyclic) bond motifs is 1. The Kier molecular flexibility index (Phi) is 7.76. The van der Waals surface area contributed by atoms with Crippen LogP contribution in [0.3, 0.4) is 0 Å². The van der Waals surface area contributed by atoms with Crippen LogP contribution in [-0.2, 0) is 20.6 Å². The molecule has 2 saturated heterocycles. The molecule has 3 aromatic rings. The van der Waals surface area contributed by atoms with E-state index in [9.17, 15) is 5.11 Å². The molecule has 40 heavy (non-hydrogen) atoms. The molecule has 0 amide bonds. The zero-order valence-corrected chi connectivity index (χ0v) is 23.8. The first-order valence-electron chi connectivity index (χ1n) is 14.5. The normalized spacial score (nSPS) is 23.9. The van der Waals surface area contributed by atoms with E-state index in [1.807, 2.05) is 12.1 Å². The summed E-state index contributed by atoms with van der Waals surface area (Å²) in [6, 6.07) is 23.4. The van der Waals surface area contributed by atoms with Crippen molar-refractivity contribution in [3.8, 4) is 11.5 Å². The lowest BCUT2D eigenvalue weighted by molar-refractivity contribution is -0.136. The lowest BCUT2D eigenvalue weighted by Crippen LogP contribution is -2.44. The van der Waals surface area contributed by atoms with Crippen LogP contribution in [0.4, 0.5) is 5.69 Å². The van der Waals surface area contributed by atoms with Gasteiger partial charge in [0.25, 0.3) is 0 Å². The first kappa shape index (κ1) is 27.1. The van der Waals surface area contributed by atoms with Gasteiger partial charge in [0.2, 0.25) is 0 Å². The van der Waals surface area contributed by atoms with Gasteiger partial charge >= 0.3 is 0 Å². The Morgan fingerprint density at radius 3 is 2.40 bits per heavy atom. The highest BCUT2D eigenvalue weighted by atomic mass is 16.7. The van der Waals surface area contributed by atoms with Gasteiger partial charge in [0, 0.05) is 56.5 Å². The molecule has 6 rings (SSSR count). The largest absolute Gasteiger partial charge is 0.508 e. The Morgan fingerprint density at radius 1 is 0.925 bits per heavy atom. The van der Waals surface area contributed by atoms with Gasteiger partial charge in [-0.15, -0.1) is 0 Å². The third kappa shape index (κ3) is 5.09. The van der Waals surface area contributed by atoms with Gasteiger partial charge < -0.3 is 29.0 Å². The van der Waals surface area contributed by atoms with Gasteiger partial charge in [-0.1, -0.05) is 42.5 Å². The average molecular weight is 544 g/mol. The molecule has 0 aromatic heterocycles. The van der Waals surface area contributed by atoms with Gasteiger partial charge in [-0.05, 0) is 72.9 Å². The molecule has 1 N–H and O–H groups in total. The summed E-state index contributed by atoms with van der Waals surface area (Å²) in [4.78, 5) is 2.46. The number of benzene rings is 3. The molecule has 2 heterocycles. The number of hydrogen-bond donors (Lipinski definition) is 1. The van der Waals surface area contributed by atoms with Gasteiger partial charge in [-0.2, -0.15) is 0 Å². The Balaban J connectivity index is 1.26. The van der Waals surface area contributed by atoms with E-state index in [4.69, 9.17) is 18.9 Å². The number of hydrogen-bond acceptors (Lipinski definition) is 6. The van der Waals surface area contributed by atoms with Crippen LogP contribution in [0, 0.1) is 5.92 Å². The highest BCUT2D eigenvalue weighted by Gasteiger charge is 2.45. The number of aryl methyl sites for hydroxylation is 1. The van der Waals surface area contributed by atoms with Crippen LogP contribution in [0.1, 0.15) is 59.8 Å². The van der Waals surface area contributed by atoms with Gasteiger partial charge in [0.05, 0.1) is 19.3 Å². The van der Waals surface area contributed by atoms with Crippen molar-refractivity contribution in [3.05, 3.63) is 89.0 Å². The van der Waals surface area contributed by atoms with E-state index < -0.39 is 0 Å². The van der Waals surface area contributed by atoms with Crippen molar-refractivity contribution in [2.45, 2.75) is 55.8 Å². The third-order valence-electron chi connectivity index (χ3n) is 9.50. The number of aromatic hydroxyl groups is 1. The fourth-order valence-corrected chi connectivity index (χ4v) is 7.46. The minimum atomic E-state index is -0.206. The fourth-order valence-electron chi connectivity index (χ4n) is 7.46. The SMILES string of the molecule is COc1cc(N2CCC3(CC2)C[C@H](C(OC)OC)CO3)ccc1[C@@H]1c2ccc(O)cc2CC[C@@H]1c1ccccc1. The van der Waals surface area contributed by atoms with E-state index in [0.29, 0.717) is 18.3 Å². The predicted octanol–water partition coefficient (Wildman–Crippen LogP) is 6.26. The average Bonchev–Trinajstić information content (AvgIpc) is 3.40. The van der Waals surface area contributed by atoms with Gasteiger partial charge in [-0.3, -0.25) is 0 Å². The summed E-state index contributed by atoms with van der Waals surface area (Å²) < 4.78 is 23.5. The minimum absolute atomic E-state index is 0.0826. The molecule has 1 aliphatic carbocycles. The summed E-state index contributed by atoms with van der Waals surface area (Å²) >= 11 is 0. The molecule has 2 fully saturated rings. The molecule has 6 nitrogen and oxygen atoms in total.